The largest absolute Gasteiger partial charge is 0.491 e. The fourth-order valence-corrected chi connectivity index (χ4v) is 3.03. The summed E-state index contributed by atoms with van der Waals surface area (Å²) in [4.78, 5) is 0. The fraction of sp³-hybridized carbons (Fsp3) is 0.467. The molecule has 3 N–H and O–H groups in total. The zero-order valence-electron chi connectivity index (χ0n) is 10.9. The number of aryl methyl sites for hydroxylation is 1. The number of hydrogen-bond donors (Lipinski definition) is 2. The molecule has 2 aliphatic rings. The predicted octanol–water partition coefficient (Wildman–Crippen LogP) is 2.28. The smallest absolute Gasteiger partial charge is 0.145 e. The molecule has 0 fully saturated rings. The average Bonchev–Trinajstić information content (AvgIpc) is 2.40. The Kier molecular flexibility index (Phi) is 3.00. The molecule has 0 saturated carbocycles. The van der Waals surface area contributed by atoms with Crippen LogP contribution in [-0.4, -0.2) is 19.7 Å². The molecule has 3 heteroatoms. The van der Waals surface area contributed by atoms with Crippen LogP contribution in [-0.2, 0) is 6.42 Å². The Morgan fingerprint density at radius 2 is 2.22 bits per heavy atom. The van der Waals surface area contributed by atoms with Crippen molar-refractivity contribution in [2.45, 2.75) is 26.2 Å². The molecule has 1 aromatic carbocycles. The Hall–Kier alpha value is -1.48. The van der Waals surface area contributed by atoms with E-state index >= 15 is 0 Å². The third kappa shape index (κ3) is 1.89. The van der Waals surface area contributed by atoms with Gasteiger partial charge in [0.15, 0.2) is 0 Å². The fourth-order valence-electron chi connectivity index (χ4n) is 3.03. The SMILES string of the molecule is Cc1cc(N)c2c(c1C1=CCNCC1)CCCO2. The van der Waals surface area contributed by atoms with E-state index in [0.29, 0.717) is 0 Å². The normalized spacial score (nSPS) is 18.8. The van der Waals surface area contributed by atoms with Crippen LogP contribution in [0.25, 0.3) is 5.57 Å². The molecular weight excluding hydrogens is 224 g/mol. The Morgan fingerprint density at radius 3 is 3.00 bits per heavy atom. The first-order valence-corrected chi connectivity index (χ1v) is 6.72. The molecule has 0 amide bonds. The van der Waals surface area contributed by atoms with Gasteiger partial charge in [-0.15, -0.1) is 0 Å². The third-order valence-corrected chi connectivity index (χ3v) is 3.81. The van der Waals surface area contributed by atoms with Crippen molar-refractivity contribution < 1.29 is 4.74 Å². The molecular formula is C15H20N2O. The lowest BCUT2D eigenvalue weighted by Gasteiger charge is -2.26. The van der Waals surface area contributed by atoms with E-state index in [1.54, 1.807) is 0 Å². The van der Waals surface area contributed by atoms with Crippen molar-refractivity contribution in [2.24, 2.45) is 0 Å². The first-order valence-electron chi connectivity index (χ1n) is 6.72. The minimum Gasteiger partial charge on any atom is -0.491 e. The maximum atomic E-state index is 6.08. The molecule has 0 atom stereocenters. The van der Waals surface area contributed by atoms with E-state index in [4.69, 9.17) is 10.5 Å². The summed E-state index contributed by atoms with van der Waals surface area (Å²) in [5, 5.41) is 3.36. The Balaban J connectivity index is 2.15. The van der Waals surface area contributed by atoms with Crippen LogP contribution in [0.5, 0.6) is 5.75 Å². The number of rotatable bonds is 1. The second-order valence-corrected chi connectivity index (χ2v) is 5.10. The molecule has 96 valence electrons. The molecule has 0 radical (unpaired) electrons. The van der Waals surface area contributed by atoms with Crippen molar-refractivity contribution in [3.8, 4) is 5.75 Å². The molecule has 0 saturated heterocycles. The first kappa shape index (κ1) is 11.6. The summed E-state index contributed by atoms with van der Waals surface area (Å²) in [5.74, 6) is 0.932. The van der Waals surface area contributed by atoms with Gasteiger partial charge in [-0.05, 0) is 55.5 Å². The molecule has 0 aliphatic carbocycles. The van der Waals surface area contributed by atoms with E-state index in [0.717, 1.165) is 50.4 Å². The van der Waals surface area contributed by atoms with Crippen molar-refractivity contribution in [1.82, 2.24) is 5.32 Å². The zero-order chi connectivity index (χ0) is 12.5. The summed E-state index contributed by atoms with van der Waals surface area (Å²) in [6, 6.07) is 2.06. The molecule has 18 heavy (non-hydrogen) atoms. The summed E-state index contributed by atoms with van der Waals surface area (Å²) in [5.41, 5.74) is 12.3. The Morgan fingerprint density at radius 1 is 1.33 bits per heavy atom. The number of fused-ring (bicyclic) bond motifs is 1. The molecule has 0 bridgehead atoms. The number of anilines is 1. The van der Waals surface area contributed by atoms with Crippen molar-refractivity contribution in [1.29, 1.82) is 0 Å². The van der Waals surface area contributed by atoms with E-state index in [2.05, 4.69) is 24.4 Å². The number of ether oxygens (including phenoxy) is 1. The Labute approximate surface area is 108 Å². The number of nitrogen functional groups attached to an aromatic ring is 1. The maximum absolute atomic E-state index is 6.08. The van der Waals surface area contributed by atoms with Gasteiger partial charge < -0.3 is 15.8 Å². The van der Waals surface area contributed by atoms with Gasteiger partial charge in [-0.2, -0.15) is 0 Å². The van der Waals surface area contributed by atoms with Gasteiger partial charge in [0.05, 0.1) is 12.3 Å². The van der Waals surface area contributed by atoms with Gasteiger partial charge in [-0.3, -0.25) is 0 Å². The van der Waals surface area contributed by atoms with Gasteiger partial charge in [-0.25, -0.2) is 0 Å². The summed E-state index contributed by atoms with van der Waals surface area (Å²) in [7, 11) is 0. The van der Waals surface area contributed by atoms with Crippen LogP contribution >= 0.6 is 0 Å². The van der Waals surface area contributed by atoms with Gasteiger partial charge in [0.2, 0.25) is 0 Å². The highest BCUT2D eigenvalue weighted by Crippen LogP contribution is 2.39. The zero-order valence-corrected chi connectivity index (χ0v) is 10.9. The summed E-state index contributed by atoms with van der Waals surface area (Å²) in [6.45, 7) is 4.98. The summed E-state index contributed by atoms with van der Waals surface area (Å²) < 4.78 is 5.77. The number of nitrogens with one attached hydrogen (secondary N) is 1. The lowest BCUT2D eigenvalue weighted by Crippen LogP contribution is -2.21. The first-order chi connectivity index (χ1) is 8.77. The van der Waals surface area contributed by atoms with E-state index in [1.165, 1.54) is 22.3 Å². The van der Waals surface area contributed by atoms with Crippen LogP contribution in [0, 0.1) is 6.92 Å². The second-order valence-electron chi connectivity index (χ2n) is 5.10. The van der Waals surface area contributed by atoms with E-state index < -0.39 is 0 Å². The van der Waals surface area contributed by atoms with E-state index in [-0.39, 0.29) is 0 Å². The van der Waals surface area contributed by atoms with Crippen molar-refractivity contribution in [3.63, 3.8) is 0 Å². The van der Waals surface area contributed by atoms with Crippen molar-refractivity contribution in [3.05, 3.63) is 28.8 Å². The molecule has 0 spiro atoms. The van der Waals surface area contributed by atoms with Crippen LogP contribution in [0.15, 0.2) is 12.1 Å². The number of benzene rings is 1. The van der Waals surface area contributed by atoms with Crippen molar-refractivity contribution >= 4 is 11.3 Å². The van der Waals surface area contributed by atoms with Gasteiger partial charge in [0.25, 0.3) is 0 Å². The maximum Gasteiger partial charge on any atom is 0.145 e. The molecule has 2 aliphatic heterocycles. The molecule has 3 nitrogen and oxygen atoms in total. The number of nitrogens with two attached hydrogens (primary N) is 1. The van der Waals surface area contributed by atoms with Crippen LogP contribution in [0.1, 0.15) is 29.5 Å². The average molecular weight is 244 g/mol. The molecule has 0 aromatic heterocycles. The molecule has 1 aromatic rings. The minimum atomic E-state index is 0.792. The third-order valence-electron chi connectivity index (χ3n) is 3.81. The van der Waals surface area contributed by atoms with E-state index in [1.807, 2.05) is 0 Å². The van der Waals surface area contributed by atoms with Gasteiger partial charge >= 0.3 is 0 Å². The van der Waals surface area contributed by atoms with Crippen LogP contribution in [0.4, 0.5) is 5.69 Å². The lowest BCUT2D eigenvalue weighted by molar-refractivity contribution is 0.289. The quantitative estimate of drug-likeness (QED) is 0.745. The highest BCUT2D eigenvalue weighted by Gasteiger charge is 2.21. The topological polar surface area (TPSA) is 47.3 Å². The predicted molar refractivity (Wildman–Crippen MR) is 74.9 cm³/mol. The number of hydrogen-bond acceptors (Lipinski definition) is 3. The molecule has 2 heterocycles. The standard InChI is InChI=1S/C15H20N2O/c1-10-9-13(16)15-12(3-2-8-18-15)14(10)11-4-6-17-7-5-11/h4,9,17H,2-3,5-8,16H2,1H3. The van der Waals surface area contributed by atoms with Crippen LogP contribution in [0.3, 0.4) is 0 Å². The van der Waals surface area contributed by atoms with Crippen LogP contribution < -0.4 is 15.8 Å². The minimum absolute atomic E-state index is 0.792. The van der Waals surface area contributed by atoms with Crippen LogP contribution in [0.2, 0.25) is 0 Å². The monoisotopic (exact) mass is 244 g/mol. The highest BCUT2D eigenvalue weighted by molar-refractivity contribution is 5.78. The lowest BCUT2D eigenvalue weighted by atomic mass is 9.87. The molecule has 0 unspecified atom stereocenters. The highest BCUT2D eigenvalue weighted by atomic mass is 16.5. The van der Waals surface area contributed by atoms with E-state index in [9.17, 15) is 0 Å². The molecule has 3 rings (SSSR count). The Bertz CT molecular complexity index is 506. The summed E-state index contributed by atoms with van der Waals surface area (Å²) in [6.07, 6.45) is 5.57. The van der Waals surface area contributed by atoms with Crippen molar-refractivity contribution in [2.75, 3.05) is 25.4 Å². The van der Waals surface area contributed by atoms with Gasteiger partial charge in [0.1, 0.15) is 5.75 Å². The van der Waals surface area contributed by atoms with Gasteiger partial charge in [-0.1, -0.05) is 6.08 Å². The summed E-state index contributed by atoms with van der Waals surface area (Å²) >= 11 is 0. The second kappa shape index (κ2) is 4.65. The van der Waals surface area contributed by atoms with Gasteiger partial charge in [0, 0.05) is 12.1 Å².